The van der Waals surface area contributed by atoms with Crippen molar-refractivity contribution >= 4 is 34.3 Å². The van der Waals surface area contributed by atoms with E-state index in [1.54, 1.807) is 59.2 Å². The minimum atomic E-state index is -0.837. The molecule has 0 radical (unpaired) electrons. The molecule has 2 unspecified atom stereocenters. The molecule has 48 heavy (non-hydrogen) atoms. The van der Waals surface area contributed by atoms with Crippen molar-refractivity contribution in [3.63, 3.8) is 0 Å². The Morgan fingerprint density at radius 3 is 2.40 bits per heavy atom. The van der Waals surface area contributed by atoms with Gasteiger partial charge in [-0.05, 0) is 61.9 Å². The molecule has 1 aromatic heterocycles. The van der Waals surface area contributed by atoms with Crippen LogP contribution in [0.1, 0.15) is 26.6 Å². The van der Waals surface area contributed by atoms with Gasteiger partial charge in [0.05, 0.1) is 49.9 Å². The fraction of sp³-hybridized carbons (Fsp3) is 0.353. The number of anilines is 2. The lowest BCUT2D eigenvalue weighted by Gasteiger charge is -2.40. The normalized spacial score (nSPS) is 16.9. The van der Waals surface area contributed by atoms with Gasteiger partial charge in [0, 0.05) is 45.4 Å². The van der Waals surface area contributed by atoms with Crippen LogP contribution >= 0.6 is 0 Å². The van der Waals surface area contributed by atoms with Crippen LogP contribution in [0.5, 0.6) is 11.5 Å². The lowest BCUT2D eigenvalue weighted by atomic mass is 10.1. The smallest absolute Gasteiger partial charge is 0.327 e. The molecule has 2 saturated heterocycles. The Balaban J connectivity index is 0.00000468. The average molecular weight is 661 g/mol. The van der Waals surface area contributed by atoms with Crippen molar-refractivity contribution in [3.8, 4) is 11.5 Å². The summed E-state index contributed by atoms with van der Waals surface area (Å²) in [4.78, 5) is 51.6. The first-order valence-electron chi connectivity index (χ1n) is 15.8. The number of aromatic nitrogens is 2. The molecule has 6 rings (SSSR count). The van der Waals surface area contributed by atoms with Crippen molar-refractivity contribution in [2.45, 2.75) is 25.4 Å². The number of fused-ring (bicyclic) bond motifs is 1. The molecule has 3 heterocycles. The number of hydrogen-bond donors (Lipinski definition) is 2. The van der Waals surface area contributed by atoms with E-state index >= 15 is 0 Å². The lowest BCUT2D eigenvalue weighted by molar-refractivity contribution is 0.155. The minimum absolute atomic E-state index is 0. The number of likely N-dealkylation sites (tertiary alicyclic amines) is 1. The number of para-hydroxylation sites is 1. The van der Waals surface area contributed by atoms with Gasteiger partial charge in [-0.15, -0.1) is 0 Å². The number of halogens is 1. The molecule has 4 aromatic rings. The molecule has 0 aliphatic carbocycles. The number of urea groups is 2. The molecule has 0 bridgehead atoms. The molecule has 2 atom stereocenters. The van der Waals surface area contributed by atoms with E-state index in [1.807, 2.05) is 5.01 Å². The standard InChI is InChI=1S/C34H39FN8O5.H2/c1-22(42(29-13-12-26(47-2)20-30(29)48-3)33(45)37-25-10-8-23(35)9-11-25)31-38-28-7-5-4-6-27(28)32(44)43(31)41-18-16-39(17-19-41)34(46)40-15-14-24(36)21-40;/h4-13,20,22,24H,14-19,21,36H2,1-3H3,(H,37,45);1H. The third kappa shape index (κ3) is 6.43. The summed E-state index contributed by atoms with van der Waals surface area (Å²) in [6.45, 7) is 4.42. The first kappa shape index (κ1) is 32.6. The molecule has 2 fully saturated rings. The zero-order chi connectivity index (χ0) is 33.9. The lowest BCUT2D eigenvalue weighted by Crippen LogP contribution is -2.58. The maximum atomic E-state index is 14.3. The Kier molecular flexibility index (Phi) is 9.35. The van der Waals surface area contributed by atoms with Crippen LogP contribution in [0, 0.1) is 5.82 Å². The Bertz CT molecular complexity index is 1870. The van der Waals surface area contributed by atoms with Crippen molar-refractivity contribution in [3.05, 3.63) is 88.7 Å². The molecule has 2 aliphatic heterocycles. The van der Waals surface area contributed by atoms with Gasteiger partial charge in [0.15, 0.2) is 5.82 Å². The first-order chi connectivity index (χ1) is 23.2. The second kappa shape index (κ2) is 13.8. The van der Waals surface area contributed by atoms with Crippen molar-refractivity contribution in [2.75, 3.05) is 68.7 Å². The molecular formula is C34H41FN8O5. The number of nitrogens with two attached hydrogens (primary N) is 1. The van der Waals surface area contributed by atoms with E-state index in [0.29, 0.717) is 78.9 Å². The second-order valence-corrected chi connectivity index (χ2v) is 11.8. The van der Waals surface area contributed by atoms with E-state index in [4.69, 9.17) is 20.2 Å². The zero-order valence-corrected chi connectivity index (χ0v) is 27.1. The molecule has 13 nitrogen and oxygen atoms in total. The van der Waals surface area contributed by atoms with Crippen LogP contribution < -0.4 is 36.0 Å². The quantitative estimate of drug-likeness (QED) is 0.304. The maximum Gasteiger partial charge on any atom is 0.327 e. The predicted molar refractivity (Wildman–Crippen MR) is 183 cm³/mol. The predicted octanol–water partition coefficient (Wildman–Crippen LogP) is 4.01. The van der Waals surface area contributed by atoms with Crippen molar-refractivity contribution in [1.82, 2.24) is 19.5 Å². The van der Waals surface area contributed by atoms with Crippen LogP contribution in [0.25, 0.3) is 10.9 Å². The molecule has 0 saturated carbocycles. The molecule has 2 aliphatic rings. The van der Waals surface area contributed by atoms with E-state index in [0.717, 1.165) is 6.42 Å². The van der Waals surface area contributed by atoms with Gasteiger partial charge < -0.3 is 35.3 Å². The fourth-order valence-corrected chi connectivity index (χ4v) is 6.24. The van der Waals surface area contributed by atoms with Crippen LogP contribution in [0.2, 0.25) is 0 Å². The maximum absolute atomic E-state index is 14.3. The third-order valence-electron chi connectivity index (χ3n) is 8.81. The molecular weight excluding hydrogens is 619 g/mol. The van der Waals surface area contributed by atoms with Crippen molar-refractivity contribution in [1.29, 1.82) is 0 Å². The number of nitrogens with zero attached hydrogens (tertiary/aromatic N) is 6. The highest BCUT2D eigenvalue weighted by molar-refractivity contribution is 6.03. The molecule has 0 spiro atoms. The number of rotatable bonds is 7. The van der Waals surface area contributed by atoms with E-state index in [9.17, 15) is 18.8 Å². The number of nitrogens with one attached hydrogen (secondary N) is 1. The summed E-state index contributed by atoms with van der Waals surface area (Å²) in [5, 5.41) is 5.13. The van der Waals surface area contributed by atoms with Gasteiger partial charge in [0.25, 0.3) is 5.56 Å². The Hall–Kier alpha value is -5.37. The van der Waals surface area contributed by atoms with Crippen LogP contribution in [0.4, 0.5) is 25.4 Å². The van der Waals surface area contributed by atoms with Gasteiger partial charge in [0.1, 0.15) is 17.3 Å². The Morgan fingerprint density at radius 2 is 1.73 bits per heavy atom. The number of piperazine rings is 1. The van der Waals surface area contributed by atoms with Gasteiger partial charge in [0.2, 0.25) is 0 Å². The van der Waals surface area contributed by atoms with Gasteiger partial charge in [-0.25, -0.2) is 23.6 Å². The van der Waals surface area contributed by atoms with Gasteiger partial charge in [-0.3, -0.25) is 9.69 Å². The van der Waals surface area contributed by atoms with E-state index < -0.39 is 17.9 Å². The Labute approximate surface area is 278 Å². The first-order valence-corrected chi connectivity index (χ1v) is 15.8. The summed E-state index contributed by atoms with van der Waals surface area (Å²) < 4.78 is 26.3. The number of hydrogen-bond acceptors (Lipinski definition) is 8. The van der Waals surface area contributed by atoms with Crippen LogP contribution in [0.3, 0.4) is 0 Å². The number of amides is 4. The summed E-state index contributed by atoms with van der Waals surface area (Å²) in [7, 11) is 3.01. The zero-order valence-electron chi connectivity index (χ0n) is 27.1. The van der Waals surface area contributed by atoms with Crippen LogP contribution in [0.15, 0.2) is 71.5 Å². The topological polar surface area (TPSA) is 138 Å². The summed E-state index contributed by atoms with van der Waals surface area (Å²) in [6.07, 6.45) is 0.773. The second-order valence-electron chi connectivity index (χ2n) is 11.8. The largest absolute Gasteiger partial charge is 0.497 e. The number of methoxy groups -OCH3 is 2. The molecule has 4 amide bonds. The summed E-state index contributed by atoms with van der Waals surface area (Å²) in [5.41, 5.74) is 6.97. The van der Waals surface area contributed by atoms with Crippen LogP contribution in [-0.4, -0.2) is 91.1 Å². The molecule has 14 heteroatoms. The average Bonchev–Trinajstić information content (AvgIpc) is 3.55. The number of ether oxygens (including phenoxy) is 2. The monoisotopic (exact) mass is 660 g/mol. The Morgan fingerprint density at radius 1 is 1.00 bits per heavy atom. The number of carbonyl (C=O) groups is 2. The minimum Gasteiger partial charge on any atom is -0.497 e. The highest BCUT2D eigenvalue weighted by atomic mass is 19.1. The summed E-state index contributed by atoms with van der Waals surface area (Å²) in [6, 6.07) is 16.0. The van der Waals surface area contributed by atoms with E-state index in [-0.39, 0.29) is 19.1 Å². The van der Waals surface area contributed by atoms with Crippen molar-refractivity contribution in [2.24, 2.45) is 5.73 Å². The highest BCUT2D eigenvalue weighted by Crippen LogP contribution is 2.37. The fourth-order valence-electron chi connectivity index (χ4n) is 6.24. The summed E-state index contributed by atoms with van der Waals surface area (Å²) in [5.74, 6) is 0.728. The number of benzene rings is 3. The molecule has 3 aromatic carbocycles. The highest BCUT2D eigenvalue weighted by Gasteiger charge is 2.34. The van der Waals surface area contributed by atoms with Gasteiger partial charge in [-0.2, -0.15) is 0 Å². The molecule has 3 N–H and O–H groups in total. The summed E-state index contributed by atoms with van der Waals surface area (Å²) >= 11 is 0. The SMILES string of the molecule is COc1ccc(N(C(=O)Nc2ccc(F)cc2)C(C)c2nc3ccccc3c(=O)n2N2CCN(C(=O)N3CCC(N)C3)CC2)c(OC)c1.[HH]. The van der Waals surface area contributed by atoms with E-state index in [1.165, 1.54) is 48.1 Å². The van der Waals surface area contributed by atoms with Crippen LogP contribution in [-0.2, 0) is 0 Å². The van der Waals surface area contributed by atoms with E-state index in [2.05, 4.69) is 5.32 Å². The molecule has 254 valence electrons. The van der Waals surface area contributed by atoms with Gasteiger partial charge >= 0.3 is 12.1 Å². The number of carbonyl (C=O) groups excluding carboxylic acids is 2. The van der Waals surface area contributed by atoms with Crippen molar-refractivity contribution < 1.29 is 24.9 Å². The third-order valence-corrected chi connectivity index (χ3v) is 8.81. The van der Waals surface area contributed by atoms with Gasteiger partial charge in [-0.1, -0.05) is 12.1 Å².